The zero-order valence-corrected chi connectivity index (χ0v) is 16.7. The van der Waals surface area contributed by atoms with Crippen LogP contribution in [0.3, 0.4) is 0 Å². The molecule has 0 aliphatic rings. The van der Waals surface area contributed by atoms with Gasteiger partial charge in [0.25, 0.3) is 5.91 Å². The molecule has 0 spiro atoms. The van der Waals surface area contributed by atoms with E-state index in [2.05, 4.69) is 15.3 Å². The number of fused-ring (bicyclic) bond motifs is 1. The van der Waals surface area contributed by atoms with Gasteiger partial charge in [-0.15, -0.1) is 0 Å². The molecule has 0 aliphatic heterocycles. The van der Waals surface area contributed by atoms with Gasteiger partial charge in [-0.25, -0.2) is 4.98 Å². The van der Waals surface area contributed by atoms with E-state index in [1.807, 2.05) is 48.5 Å². The summed E-state index contributed by atoms with van der Waals surface area (Å²) in [5, 5.41) is 3.92. The number of hydrogen-bond donors (Lipinski definition) is 2. The van der Waals surface area contributed by atoms with Gasteiger partial charge in [-0.1, -0.05) is 59.6 Å². The molecule has 0 aliphatic carbocycles. The van der Waals surface area contributed by atoms with Gasteiger partial charge < -0.3 is 15.0 Å². The average molecular weight is 426 g/mol. The zero-order chi connectivity index (χ0) is 20.2. The molecule has 2 N–H and O–H groups in total. The number of H-pyrrole nitrogens is 1. The number of amides is 1. The van der Waals surface area contributed by atoms with E-state index >= 15 is 0 Å². The molecule has 5 nitrogen and oxygen atoms in total. The lowest BCUT2D eigenvalue weighted by Gasteiger charge is -2.20. The molecule has 29 heavy (non-hydrogen) atoms. The molecular formula is C22H17Cl2N3O2. The van der Waals surface area contributed by atoms with Crippen LogP contribution in [-0.2, 0) is 4.79 Å². The van der Waals surface area contributed by atoms with Crippen molar-refractivity contribution in [2.75, 3.05) is 6.61 Å². The van der Waals surface area contributed by atoms with Crippen molar-refractivity contribution in [3.05, 3.63) is 94.2 Å². The first-order valence-electron chi connectivity index (χ1n) is 8.95. The van der Waals surface area contributed by atoms with Crippen LogP contribution in [0, 0.1) is 0 Å². The molecule has 146 valence electrons. The highest BCUT2D eigenvalue weighted by molar-refractivity contribution is 6.34. The maximum atomic E-state index is 12.7. The van der Waals surface area contributed by atoms with E-state index in [-0.39, 0.29) is 18.6 Å². The molecule has 4 aromatic rings. The van der Waals surface area contributed by atoms with Gasteiger partial charge in [0.15, 0.2) is 6.61 Å². The third-order valence-corrected chi connectivity index (χ3v) is 5.02. The molecule has 7 heteroatoms. The van der Waals surface area contributed by atoms with Gasteiger partial charge in [-0.3, -0.25) is 4.79 Å². The summed E-state index contributed by atoms with van der Waals surface area (Å²) >= 11 is 12.1. The molecule has 1 heterocycles. The summed E-state index contributed by atoms with van der Waals surface area (Å²) in [6, 6.07) is 20.1. The van der Waals surface area contributed by atoms with Crippen molar-refractivity contribution < 1.29 is 9.53 Å². The second-order valence-corrected chi connectivity index (χ2v) is 7.30. The summed E-state index contributed by atoms with van der Waals surface area (Å²) in [7, 11) is 0. The first kappa shape index (κ1) is 19.3. The Balaban J connectivity index is 1.55. The number of carbonyl (C=O) groups is 1. The SMILES string of the molecule is O=C(COc1cc(Cl)ccc1Cl)N[C@H](c1ccccc1)c1ccc2nc[nH]c2c1. The lowest BCUT2D eigenvalue weighted by atomic mass is 9.98. The van der Waals surface area contributed by atoms with E-state index in [4.69, 9.17) is 27.9 Å². The van der Waals surface area contributed by atoms with Crippen molar-refractivity contribution >= 4 is 40.1 Å². The van der Waals surface area contributed by atoms with Crippen LogP contribution in [0.1, 0.15) is 17.2 Å². The number of imidazole rings is 1. The van der Waals surface area contributed by atoms with Crippen LogP contribution < -0.4 is 10.1 Å². The Bertz CT molecular complexity index is 1150. The summed E-state index contributed by atoms with van der Waals surface area (Å²) in [5.41, 5.74) is 3.66. The molecule has 3 aromatic carbocycles. The second kappa shape index (κ2) is 8.55. The molecule has 1 amide bonds. The van der Waals surface area contributed by atoms with Crippen molar-refractivity contribution in [3.8, 4) is 5.75 Å². The Hall–Kier alpha value is -3.02. The minimum atomic E-state index is -0.338. The highest BCUT2D eigenvalue weighted by Crippen LogP contribution is 2.28. The summed E-state index contributed by atoms with van der Waals surface area (Å²) in [4.78, 5) is 20.0. The first-order chi connectivity index (χ1) is 14.1. The highest BCUT2D eigenvalue weighted by atomic mass is 35.5. The van der Waals surface area contributed by atoms with Crippen LogP contribution in [0.4, 0.5) is 0 Å². The van der Waals surface area contributed by atoms with Crippen LogP contribution in [-0.4, -0.2) is 22.5 Å². The van der Waals surface area contributed by atoms with Crippen molar-refractivity contribution in [1.29, 1.82) is 0 Å². The van der Waals surface area contributed by atoms with Gasteiger partial charge >= 0.3 is 0 Å². The van der Waals surface area contributed by atoms with E-state index in [9.17, 15) is 4.79 Å². The Labute approximate surface area is 177 Å². The van der Waals surface area contributed by atoms with Gasteiger partial charge in [0, 0.05) is 11.1 Å². The number of nitrogens with one attached hydrogen (secondary N) is 2. The van der Waals surface area contributed by atoms with Crippen molar-refractivity contribution in [1.82, 2.24) is 15.3 Å². The minimum absolute atomic E-state index is 0.185. The number of carbonyl (C=O) groups excluding carboxylic acids is 1. The monoisotopic (exact) mass is 425 g/mol. The third kappa shape index (κ3) is 4.53. The summed E-state index contributed by atoms with van der Waals surface area (Å²) < 4.78 is 5.57. The van der Waals surface area contributed by atoms with Crippen molar-refractivity contribution in [3.63, 3.8) is 0 Å². The van der Waals surface area contributed by atoms with Crippen LogP contribution in [0.5, 0.6) is 5.75 Å². The van der Waals surface area contributed by atoms with E-state index in [0.29, 0.717) is 15.8 Å². The minimum Gasteiger partial charge on any atom is -0.482 e. The van der Waals surface area contributed by atoms with Crippen LogP contribution in [0.25, 0.3) is 11.0 Å². The van der Waals surface area contributed by atoms with Gasteiger partial charge in [0.1, 0.15) is 5.75 Å². The molecule has 0 bridgehead atoms. The largest absolute Gasteiger partial charge is 0.482 e. The van der Waals surface area contributed by atoms with Gasteiger partial charge in [0.05, 0.1) is 28.4 Å². The van der Waals surface area contributed by atoms with E-state index in [1.165, 1.54) is 0 Å². The molecular weight excluding hydrogens is 409 g/mol. The smallest absolute Gasteiger partial charge is 0.258 e. The molecule has 0 saturated heterocycles. The number of nitrogens with zero attached hydrogens (tertiary/aromatic N) is 1. The Kier molecular flexibility index (Phi) is 5.69. The number of hydrogen-bond acceptors (Lipinski definition) is 3. The van der Waals surface area contributed by atoms with E-state index < -0.39 is 0 Å². The maximum Gasteiger partial charge on any atom is 0.258 e. The summed E-state index contributed by atoms with van der Waals surface area (Å²) in [6.07, 6.45) is 1.65. The van der Waals surface area contributed by atoms with Crippen LogP contribution in [0.15, 0.2) is 73.1 Å². The molecule has 1 aromatic heterocycles. The number of rotatable bonds is 6. The predicted molar refractivity (Wildman–Crippen MR) is 114 cm³/mol. The normalized spacial score (nSPS) is 11.9. The molecule has 0 fully saturated rings. The highest BCUT2D eigenvalue weighted by Gasteiger charge is 2.18. The van der Waals surface area contributed by atoms with Crippen LogP contribution >= 0.6 is 23.2 Å². The molecule has 0 saturated carbocycles. The topological polar surface area (TPSA) is 67.0 Å². The lowest BCUT2D eigenvalue weighted by Crippen LogP contribution is -2.33. The fraction of sp³-hybridized carbons (Fsp3) is 0.0909. The van der Waals surface area contributed by atoms with E-state index in [1.54, 1.807) is 24.5 Å². The number of aromatic amines is 1. The molecule has 0 radical (unpaired) electrons. The van der Waals surface area contributed by atoms with E-state index in [0.717, 1.165) is 22.2 Å². The molecule has 1 atom stereocenters. The average Bonchev–Trinajstić information content (AvgIpc) is 3.21. The van der Waals surface area contributed by atoms with Crippen molar-refractivity contribution in [2.45, 2.75) is 6.04 Å². The number of ether oxygens (including phenoxy) is 1. The fourth-order valence-electron chi connectivity index (χ4n) is 3.07. The third-order valence-electron chi connectivity index (χ3n) is 4.47. The second-order valence-electron chi connectivity index (χ2n) is 6.45. The first-order valence-corrected chi connectivity index (χ1v) is 9.71. The lowest BCUT2D eigenvalue weighted by molar-refractivity contribution is -0.123. The Morgan fingerprint density at radius 1 is 1.03 bits per heavy atom. The molecule has 0 unspecified atom stereocenters. The number of benzene rings is 3. The zero-order valence-electron chi connectivity index (χ0n) is 15.2. The predicted octanol–water partition coefficient (Wildman–Crippen LogP) is 5.15. The number of halogens is 2. The quantitative estimate of drug-likeness (QED) is 0.448. The van der Waals surface area contributed by atoms with Crippen molar-refractivity contribution in [2.24, 2.45) is 0 Å². The Morgan fingerprint density at radius 2 is 1.86 bits per heavy atom. The summed E-state index contributed by atoms with van der Waals surface area (Å²) in [5.74, 6) is 0.0871. The van der Waals surface area contributed by atoms with Gasteiger partial charge in [0.2, 0.25) is 0 Å². The molecule has 4 rings (SSSR count). The van der Waals surface area contributed by atoms with Gasteiger partial charge in [-0.05, 0) is 35.4 Å². The fourth-order valence-corrected chi connectivity index (χ4v) is 3.41. The summed E-state index contributed by atoms with van der Waals surface area (Å²) in [6.45, 7) is -0.185. The van der Waals surface area contributed by atoms with Gasteiger partial charge in [-0.2, -0.15) is 0 Å². The number of aromatic nitrogens is 2. The maximum absolute atomic E-state index is 12.7. The van der Waals surface area contributed by atoms with Crippen LogP contribution in [0.2, 0.25) is 10.0 Å². The standard InChI is InChI=1S/C22H17Cl2N3O2/c23-16-7-8-17(24)20(11-16)29-12-21(28)27-22(14-4-2-1-3-5-14)15-6-9-18-19(10-15)26-13-25-18/h1-11,13,22H,12H2,(H,25,26)(H,27,28)/t22-/m1/s1. The Morgan fingerprint density at radius 3 is 2.69 bits per heavy atom.